The highest BCUT2D eigenvalue weighted by atomic mass is 19.1. The molecule has 3 N–H and O–H groups in total. The standard InChI is InChI=1S/C9H10FNO4/c10-6-3-7-9(14-4-13-7)5(8(6)12)1-2-15-11/h3,12H,1-2,4,11H2. The fourth-order valence-corrected chi connectivity index (χ4v) is 1.46. The molecule has 82 valence electrons. The minimum absolute atomic E-state index is 0.0225. The van der Waals surface area contributed by atoms with Crippen LogP contribution in [0.1, 0.15) is 5.56 Å². The summed E-state index contributed by atoms with van der Waals surface area (Å²) in [7, 11) is 0. The number of fused-ring (bicyclic) bond motifs is 1. The molecule has 1 aromatic carbocycles. The molecule has 0 amide bonds. The molecule has 1 heterocycles. The van der Waals surface area contributed by atoms with Gasteiger partial charge in [-0.2, -0.15) is 0 Å². The van der Waals surface area contributed by atoms with Gasteiger partial charge in [-0.15, -0.1) is 0 Å². The SMILES string of the molecule is NOCCc1c(O)c(F)cc2c1OCO2. The van der Waals surface area contributed by atoms with Crippen LogP contribution in [0.3, 0.4) is 0 Å². The average molecular weight is 215 g/mol. The van der Waals surface area contributed by atoms with Crippen LogP contribution in [0.2, 0.25) is 0 Å². The van der Waals surface area contributed by atoms with Crippen LogP contribution < -0.4 is 15.4 Å². The van der Waals surface area contributed by atoms with Gasteiger partial charge >= 0.3 is 0 Å². The van der Waals surface area contributed by atoms with Crippen molar-refractivity contribution in [2.45, 2.75) is 6.42 Å². The minimum Gasteiger partial charge on any atom is -0.505 e. The molecule has 0 radical (unpaired) electrons. The minimum atomic E-state index is -0.744. The lowest BCUT2D eigenvalue weighted by Gasteiger charge is -2.08. The maximum atomic E-state index is 13.2. The number of rotatable bonds is 3. The van der Waals surface area contributed by atoms with Crippen LogP contribution >= 0.6 is 0 Å². The monoisotopic (exact) mass is 215 g/mol. The predicted octanol–water partition coefficient (Wildman–Crippen LogP) is 0.693. The molecule has 0 atom stereocenters. The zero-order valence-electron chi connectivity index (χ0n) is 7.83. The Labute approximate surface area is 85.1 Å². The molecule has 1 aromatic rings. The van der Waals surface area contributed by atoms with Crippen LogP contribution in [-0.2, 0) is 11.3 Å². The van der Waals surface area contributed by atoms with Gasteiger partial charge in [-0.25, -0.2) is 10.3 Å². The van der Waals surface area contributed by atoms with Gasteiger partial charge in [0.15, 0.2) is 23.1 Å². The van der Waals surface area contributed by atoms with Crippen LogP contribution in [0.4, 0.5) is 4.39 Å². The van der Waals surface area contributed by atoms with Crippen molar-refractivity contribution in [3.63, 3.8) is 0 Å². The van der Waals surface area contributed by atoms with Gasteiger partial charge in [0.05, 0.1) is 6.61 Å². The van der Waals surface area contributed by atoms with Crippen LogP contribution in [0.25, 0.3) is 0 Å². The molecule has 15 heavy (non-hydrogen) atoms. The molecule has 0 saturated carbocycles. The second kappa shape index (κ2) is 3.92. The number of aromatic hydroxyl groups is 1. The number of nitrogens with two attached hydrogens (primary N) is 1. The fraction of sp³-hybridized carbons (Fsp3) is 0.333. The Bertz CT molecular complexity index is 383. The van der Waals surface area contributed by atoms with E-state index in [1.54, 1.807) is 0 Å². The summed E-state index contributed by atoms with van der Waals surface area (Å²) in [4.78, 5) is 4.37. The molecule has 1 aliphatic rings. The third-order valence-electron chi connectivity index (χ3n) is 2.16. The third kappa shape index (κ3) is 1.69. The fourth-order valence-electron chi connectivity index (χ4n) is 1.46. The number of halogens is 1. The van der Waals surface area contributed by atoms with Gasteiger partial charge in [-0.1, -0.05) is 0 Å². The quantitative estimate of drug-likeness (QED) is 0.726. The first-order chi connectivity index (χ1) is 7.24. The van der Waals surface area contributed by atoms with Crippen LogP contribution in [-0.4, -0.2) is 18.5 Å². The first kappa shape index (κ1) is 10.0. The van der Waals surface area contributed by atoms with E-state index in [-0.39, 0.29) is 25.6 Å². The molecule has 2 rings (SSSR count). The summed E-state index contributed by atoms with van der Waals surface area (Å²) in [5.41, 5.74) is 0.313. The highest BCUT2D eigenvalue weighted by Crippen LogP contribution is 2.42. The van der Waals surface area contributed by atoms with E-state index in [1.807, 2.05) is 0 Å². The molecule has 0 fully saturated rings. The van der Waals surface area contributed by atoms with Gasteiger partial charge in [-0.05, 0) is 0 Å². The lowest BCUT2D eigenvalue weighted by Crippen LogP contribution is -2.05. The van der Waals surface area contributed by atoms with E-state index in [1.165, 1.54) is 0 Å². The molecule has 0 aliphatic carbocycles. The van der Waals surface area contributed by atoms with Gasteiger partial charge in [0.25, 0.3) is 0 Å². The third-order valence-corrected chi connectivity index (χ3v) is 2.16. The second-order valence-corrected chi connectivity index (χ2v) is 3.04. The van der Waals surface area contributed by atoms with Crippen molar-refractivity contribution in [2.24, 2.45) is 5.90 Å². The summed E-state index contributed by atoms with van der Waals surface area (Å²) in [6.07, 6.45) is 0.256. The summed E-state index contributed by atoms with van der Waals surface area (Å²) in [6, 6.07) is 1.09. The van der Waals surface area contributed by atoms with Crippen molar-refractivity contribution < 1.29 is 23.8 Å². The molecule has 1 aliphatic heterocycles. The Morgan fingerprint density at radius 1 is 1.53 bits per heavy atom. The molecule has 0 saturated heterocycles. The largest absolute Gasteiger partial charge is 0.505 e. The smallest absolute Gasteiger partial charge is 0.231 e. The van der Waals surface area contributed by atoms with E-state index in [2.05, 4.69) is 4.84 Å². The topological polar surface area (TPSA) is 73.9 Å². The van der Waals surface area contributed by atoms with Crippen molar-refractivity contribution in [2.75, 3.05) is 13.4 Å². The van der Waals surface area contributed by atoms with Crippen molar-refractivity contribution >= 4 is 0 Å². The van der Waals surface area contributed by atoms with Gasteiger partial charge < -0.3 is 19.4 Å². The first-order valence-corrected chi connectivity index (χ1v) is 4.35. The Balaban J connectivity index is 2.41. The number of benzene rings is 1. The Hall–Kier alpha value is -1.53. The van der Waals surface area contributed by atoms with E-state index in [0.717, 1.165) is 6.07 Å². The van der Waals surface area contributed by atoms with Gasteiger partial charge in [0.1, 0.15) is 0 Å². The van der Waals surface area contributed by atoms with Gasteiger partial charge in [0.2, 0.25) is 6.79 Å². The van der Waals surface area contributed by atoms with Crippen LogP contribution in [0.5, 0.6) is 17.2 Å². The summed E-state index contributed by atoms with van der Waals surface area (Å²) in [6.45, 7) is 0.182. The van der Waals surface area contributed by atoms with Crippen LogP contribution in [0.15, 0.2) is 6.07 Å². The molecular weight excluding hydrogens is 205 g/mol. The Kier molecular flexibility index (Phi) is 2.61. The van der Waals surface area contributed by atoms with E-state index in [9.17, 15) is 9.50 Å². The number of phenols is 1. The molecular formula is C9H10FNO4. The Morgan fingerprint density at radius 2 is 2.33 bits per heavy atom. The van der Waals surface area contributed by atoms with Gasteiger partial charge in [-0.3, -0.25) is 0 Å². The van der Waals surface area contributed by atoms with Gasteiger partial charge in [0, 0.05) is 18.1 Å². The second-order valence-electron chi connectivity index (χ2n) is 3.04. The maximum Gasteiger partial charge on any atom is 0.231 e. The molecule has 0 aromatic heterocycles. The predicted molar refractivity (Wildman–Crippen MR) is 48.0 cm³/mol. The number of hydrogen-bond acceptors (Lipinski definition) is 5. The summed E-state index contributed by atoms with van der Waals surface area (Å²) < 4.78 is 23.3. The zero-order valence-corrected chi connectivity index (χ0v) is 7.83. The van der Waals surface area contributed by atoms with E-state index in [0.29, 0.717) is 11.3 Å². The number of phenolic OH excluding ortho intramolecular Hbond substituents is 1. The highest BCUT2D eigenvalue weighted by Gasteiger charge is 2.24. The lowest BCUT2D eigenvalue weighted by atomic mass is 10.1. The van der Waals surface area contributed by atoms with Crippen molar-refractivity contribution in [3.8, 4) is 17.2 Å². The van der Waals surface area contributed by atoms with Crippen molar-refractivity contribution in [3.05, 3.63) is 17.4 Å². The van der Waals surface area contributed by atoms with Crippen molar-refractivity contribution in [1.82, 2.24) is 0 Å². The van der Waals surface area contributed by atoms with Crippen LogP contribution in [0, 0.1) is 5.82 Å². The van der Waals surface area contributed by atoms with Crippen molar-refractivity contribution in [1.29, 1.82) is 0 Å². The highest BCUT2D eigenvalue weighted by molar-refractivity contribution is 5.55. The average Bonchev–Trinajstić information content (AvgIpc) is 2.66. The molecule has 0 spiro atoms. The molecule has 0 unspecified atom stereocenters. The molecule has 0 bridgehead atoms. The van der Waals surface area contributed by atoms with E-state index < -0.39 is 11.6 Å². The molecule has 5 nitrogen and oxygen atoms in total. The Morgan fingerprint density at radius 3 is 3.07 bits per heavy atom. The summed E-state index contributed by atoms with van der Waals surface area (Å²) in [5, 5.41) is 9.48. The molecule has 6 heteroatoms. The lowest BCUT2D eigenvalue weighted by molar-refractivity contribution is 0.139. The zero-order chi connectivity index (χ0) is 10.8. The van der Waals surface area contributed by atoms with E-state index in [4.69, 9.17) is 15.4 Å². The maximum absolute atomic E-state index is 13.2. The number of hydrogen-bond donors (Lipinski definition) is 2. The first-order valence-electron chi connectivity index (χ1n) is 4.35. The summed E-state index contributed by atoms with van der Waals surface area (Å²) in [5.74, 6) is 4.31. The number of ether oxygens (including phenoxy) is 2. The normalized spacial score (nSPS) is 13.2. The summed E-state index contributed by atoms with van der Waals surface area (Å²) >= 11 is 0. The van der Waals surface area contributed by atoms with E-state index >= 15 is 0 Å².